The number of rotatable bonds is 8. The molecule has 4 aliphatic rings. The molecule has 2 N–H and O–H groups in total. The number of aromatic hydroxyl groups is 2. The zero-order valence-corrected chi connectivity index (χ0v) is 28.6. The number of fused-ring (bicyclic) bond motifs is 4. The molecule has 2 saturated heterocycles. The van der Waals surface area contributed by atoms with Crippen molar-refractivity contribution in [2.75, 3.05) is 13.7 Å². The molecule has 7 atom stereocenters. The number of ether oxygens (including phenoxy) is 7. The molecule has 2 aromatic rings. The van der Waals surface area contributed by atoms with E-state index < -0.39 is 107 Å². The molecule has 272 valence electrons. The SMILES string of the molecule is COc1cccc2c1C(=O)c1c(O)c3c(c(O)c1C2=O)C[C@@](OC(=O)OCC(C)C)([13C](=O)[14CH]=[N+]=[N-])C[C@@H]3O[C@@H]1O[C@@H](C)[C@H]2OC(C)(C)O[C@H]2[C@H]1F. The maximum atomic E-state index is 16.2. The van der Waals surface area contributed by atoms with Crippen LogP contribution in [0.3, 0.4) is 0 Å². The summed E-state index contributed by atoms with van der Waals surface area (Å²) in [6.07, 6.45) is -10.5. The molecule has 2 aliphatic heterocycles. The van der Waals surface area contributed by atoms with Gasteiger partial charge in [0.15, 0.2) is 29.6 Å². The van der Waals surface area contributed by atoms with E-state index in [1.165, 1.54) is 25.3 Å². The van der Waals surface area contributed by atoms with Crippen molar-refractivity contribution in [2.24, 2.45) is 5.92 Å². The molecule has 0 radical (unpaired) electrons. The van der Waals surface area contributed by atoms with E-state index >= 15 is 4.39 Å². The molecule has 15 nitrogen and oxygen atoms in total. The fourth-order valence-corrected chi connectivity index (χ4v) is 7.14. The molecule has 6 rings (SSSR count). The summed E-state index contributed by atoms with van der Waals surface area (Å²) < 4.78 is 56.0. The lowest BCUT2D eigenvalue weighted by Gasteiger charge is -2.43. The van der Waals surface area contributed by atoms with Crippen molar-refractivity contribution < 1.29 is 71.7 Å². The van der Waals surface area contributed by atoms with Crippen LogP contribution in [0.1, 0.15) is 90.1 Å². The first-order valence-electron chi connectivity index (χ1n) is 16.3. The molecule has 2 aliphatic carbocycles. The summed E-state index contributed by atoms with van der Waals surface area (Å²) >= 11 is 0. The van der Waals surface area contributed by atoms with Crippen LogP contribution in [0.2, 0.25) is 0 Å². The van der Waals surface area contributed by atoms with E-state index in [0.717, 1.165) is 0 Å². The van der Waals surface area contributed by atoms with Crippen LogP contribution in [0.5, 0.6) is 17.2 Å². The Balaban J connectivity index is 1.52. The third-order valence-corrected chi connectivity index (χ3v) is 9.35. The van der Waals surface area contributed by atoms with E-state index in [-0.39, 0.29) is 40.5 Å². The number of benzene rings is 2. The standard InChI is InChI=1S/C35H37FN2O13/c1-14(2)13-46-33(44)51-35(20(39)12-38-37)10-17-22(19(11-35)48-32-25(36)31-30(15(3)47-32)49-34(4,5)50-31)29(43)24-23(27(17)41)26(40)16-8-7-9-18(45-6)21(16)28(24)42/h7-9,12,14-15,19,25,30-32,41,43H,10-11,13H2,1-6H3/t15-,19-,25+,30+,31-,32-,35-/m0/s1/i12+2,20+1. The highest BCUT2D eigenvalue weighted by atomic mass is 19.1. The number of hydrogen-bond acceptors (Lipinski definition) is 13. The van der Waals surface area contributed by atoms with Crippen LogP contribution in [0.4, 0.5) is 9.18 Å². The lowest BCUT2D eigenvalue weighted by Crippen LogP contribution is -2.55. The molecule has 0 spiro atoms. The van der Waals surface area contributed by atoms with Gasteiger partial charge in [0.25, 0.3) is 5.78 Å². The average molecular weight is 716 g/mol. The number of ketones is 3. The highest BCUT2D eigenvalue weighted by Crippen LogP contribution is 2.54. The van der Waals surface area contributed by atoms with Crippen LogP contribution in [0, 0.1) is 5.92 Å². The van der Waals surface area contributed by atoms with Crippen LogP contribution in [0.25, 0.3) is 5.53 Å². The number of nitrogens with zero attached hydrogens (tertiary/aromatic N) is 2. The quantitative estimate of drug-likeness (QED) is 0.0848. The van der Waals surface area contributed by atoms with Crippen molar-refractivity contribution in [1.29, 1.82) is 0 Å². The number of phenols is 2. The molecule has 0 aromatic heterocycles. The molecule has 51 heavy (non-hydrogen) atoms. The second kappa shape index (κ2) is 13.1. The van der Waals surface area contributed by atoms with Crippen LogP contribution in [0.15, 0.2) is 18.2 Å². The van der Waals surface area contributed by atoms with E-state index in [0.29, 0.717) is 6.21 Å². The molecule has 2 heterocycles. The summed E-state index contributed by atoms with van der Waals surface area (Å²) in [5, 5.41) is 23.7. The van der Waals surface area contributed by atoms with Gasteiger partial charge in [0.2, 0.25) is 5.78 Å². The largest absolute Gasteiger partial charge is 0.509 e. The maximum absolute atomic E-state index is 16.2. The second-order valence-electron chi connectivity index (χ2n) is 13.8. The first-order chi connectivity index (χ1) is 24.0. The number of alkyl halides is 1. The number of carbonyl (C=O) groups is 4. The van der Waals surface area contributed by atoms with Gasteiger partial charge in [0, 0.05) is 29.5 Å². The fourth-order valence-electron chi connectivity index (χ4n) is 7.14. The molecule has 16 heteroatoms. The number of hydrogen-bond donors (Lipinski definition) is 2. The molecular formula is C35H37FN2O13. The second-order valence-corrected chi connectivity index (χ2v) is 13.8. The summed E-state index contributed by atoms with van der Waals surface area (Å²) in [6.45, 7) is 8.22. The predicted octanol–water partition coefficient (Wildman–Crippen LogP) is 3.91. The third kappa shape index (κ3) is 6.06. The van der Waals surface area contributed by atoms with E-state index in [9.17, 15) is 34.9 Å². The van der Waals surface area contributed by atoms with Crippen molar-refractivity contribution in [3.8, 4) is 17.2 Å². The Morgan fingerprint density at radius 1 is 1.10 bits per heavy atom. The number of halogens is 1. The lowest BCUT2D eigenvalue weighted by molar-refractivity contribution is -0.278. The van der Waals surface area contributed by atoms with Gasteiger partial charge in [-0.25, -0.2) is 9.18 Å². The van der Waals surface area contributed by atoms with Crippen LogP contribution in [-0.4, -0.2) is 101 Å². The Hall–Kier alpha value is -4.73. The van der Waals surface area contributed by atoms with Gasteiger partial charge >= 0.3 is 12.4 Å². The Kier molecular flexibility index (Phi) is 9.27. The molecule has 0 bridgehead atoms. The number of phenolic OH excluding ortho intramolecular Hbond substituents is 2. The maximum Gasteiger partial charge on any atom is 0.509 e. The Bertz CT molecular complexity index is 1870. The minimum Gasteiger partial charge on any atom is -0.507 e. The monoisotopic (exact) mass is 715 g/mol. The number of Topliss-reactive ketones (excluding diaryl/α,β-unsaturated/α-hetero) is 1. The third-order valence-electron chi connectivity index (χ3n) is 9.35. The average Bonchev–Trinajstić information content (AvgIpc) is 3.42. The number of methoxy groups -OCH3 is 1. The molecule has 2 fully saturated rings. The van der Waals surface area contributed by atoms with Gasteiger partial charge in [-0.2, -0.15) is 4.79 Å². The molecule has 0 unspecified atom stereocenters. The first kappa shape index (κ1) is 36.1. The van der Waals surface area contributed by atoms with Gasteiger partial charge in [-0.1, -0.05) is 26.0 Å². The molecule has 0 amide bonds. The van der Waals surface area contributed by atoms with Gasteiger partial charge in [0.05, 0.1) is 42.6 Å². The summed E-state index contributed by atoms with van der Waals surface area (Å²) in [4.78, 5) is 57.4. The van der Waals surface area contributed by atoms with Crippen molar-refractivity contribution in [3.63, 3.8) is 0 Å². The van der Waals surface area contributed by atoms with E-state index in [1.807, 2.05) is 0 Å². The topological polar surface area (TPSA) is 210 Å². The predicted molar refractivity (Wildman–Crippen MR) is 170 cm³/mol. The van der Waals surface area contributed by atoms with Gasteiger partial charge in [-0.05, 0) is 32.8 Å². The van der Waals surface area contributed by atoms with Crippen molar-refractivity contribution in [3.05, 3.63) is 57.1 Å². The highest BCUT2D eigenvalue weighted by molar-refractivity contribution is 6.32. The minimum absolute atomic E-state index is 0.0308. The van der Waals surface area contributed by atoms with Crippen molar-refractivity contribution in [1.82, 2.24) is 0 Å². The summed E-state index contributed by atoms with van der Waals surface area (Å²) in [7, 11) is 1.29. The smallest absolute Gasteiger partial charge is 0.507 e. The Morgan fingerprint density at radius 3 is 2.45 bits per heavy atom. The molecule has 0 saturated carbocycles. The normalized spacial score (nSPS) is 28.9. The first-order valence-corrected chi connectivity index (χ1v) is 16.3. The van der Waals surface area contributed by atoms with E-state index in [1.54, 1.807) is 34.6 Å². The minimum atomic E-state index is -2.37. The zero-order chi connectivity index (χ0) is 37.2. The Labute approximate surface area is 291 Å². The molecule has 2 aromatic carbocycles. The lowest BCUT2D eigenvalue weighted by atomic mass is 9.74. The van der Waals surface area contributed by atoms with Gasteiger partial charge in [0.1, 0.15) is 29.5 Å². The summed E-state index contributed by atoms with van der Waals surface area (Å²) in [5.74, 6) is -5.74. The van der Waals surface area contributed by atoms with Crippen molar-refractivity contribution in [2.45, 2.75) is 95.7 Å². The summed E-state index contributed by atoms with van der Waals surface area (Å²) in [5.41, 5.74) is 4.84. The highest BCUT2D eigenvalue weighted by Gasteiger charge is 2.58. The van der Waals surface area contributed by atoms with Crippen LogP contribution in [-0.2, 0) is 39.6 Å². The number of carbonyl (C=O) groups excluding carboxylic acids is 4. The van der Waals surface area contributed by atoms with Crippen LogP contribution >= 0.6 is 0 Å². The summed E-state index contributed by atoms with van der Waals surface area (Å²) in [6, 6.07) is 4.25. The van der Waals surface area contributed by atoms with Gasteiger partial charge < -0.3 is 48.9 Å². The van der Waals surface area contributed by atoms with Crippen molar-refractivity contribution >= 4 is 29.7 Å². The van der Waals surface area contributed by atoms with E-state index in [4.69, 9.17) is 33.2 Å². The van der Waals surface area contributed by atoms with E-state index in [2.05, 4.69) is 4.79 Å². The molecular weight excluding hydrogens is 678 g/mol. The van der Waals surface area contributed by atoms with Gasteiger partial charge in [-0.3, -0.25) is 14.4 Å². The Morgan fingerprint density at radius 2 is 1.78 bits per heavy atom. The van der Waals surface area contributed by atoms with Crippen LogP contribution < -0.4 is 4.74 Å². The fraction of sp³-hybridized carbons (Fsp3) is 0.514. The van der Waals surface area contributed by atoms with Gasteiger partial charge in [-0.15, -0.1) is 0 Å². The zero-order valence-electron chi connectivity index (χ0n) is 28.6.